The van der Waals surface area contributed by atoms with E-state index in [2.05, 4.69) is 24.5 Å². The molecule has 0 spiro atoms. The van der Waals surface area contributed by atoms with Crippen LogP contribution in [-0.2, 0) is 9.53 Å². The van der Waals surface area contributed by atoms with Crippen LogP contribution in [0.1, 0.15) is 56.8 Å². The predicted molar refractivity (Wildman–Crippen MR) is 120 cm³/mol. The molecule has 7 atom stereocenters. The molecule has 0 saturated heterocycles. The van der Waals surface area contributed by atoms with Crippen molar-refractivity contribution in [3.05, 3.63) is 35.6 Å². The Balaban J connectivity index is 1.70. The molecule has 1 unspecified atom stereocenters. The van der Waals surface area contributed by atoms with Gasteiger partial charge in [-0.2, -0.15) is 0 Å². The second-order valence-corrected chi connectivity index (χ2v) is 9.93. The average molecular weight is 449 g/mol. The minimum atomic E-state index is -0.624. The van der Waals surface area contributed by atoms with Crippen molar-refractivity contribution < 1.29 is 23.8 Å². The normalized spacial score (nSPS) is 33.1. The number of methoxy groups -OCH3 is 1. The molecule has 7 heteroatoms. The number of rotatable bonds is 7. The van der Waals surface area contributed by atoms with Gasteiger partial charge in [-0.15, -0.1) is 0 Å². The van der Waals surface area contributed by atoms with Crippen molar-refractivity contribution in [1.82, 2.24) is 10.6 Å². The molecule has 32 heavy (non-hydrogen) atoms. The smallest absolute Gasteiger partial charge is 0.251 e. The molecule has 1 aromatic rings. The Bertz CT molecular complexity index is 819. The molecule has 1 aromatic carbocycles. The van der Waals surface area contributed by atoms with Crippen molar-refractivity contribution in [2.24, 2.45) is 29.1 Å². The van der Waals surface area contributed by atoms with Gasteiger partial charge >= 0.3 is 0 Å². The van der Waals surface area contributed by atoms with Crippen molar-refractivity contribution in [3.63, 3.8) is 0 Å². The number of benzene rings is 1. The summed E-state index contributed by atoms with van der Waals surface area (Å²) in [7, 11) is 1.59. The molecule has 2 aliphatic rings. The van der Waals surface area contributed by atoms with Crippen LogP contribution in [-0.4, -0.2) is 49.3 Å². The number of ether oxygens (including phenoxy) is 1. The highest BCUT2D eigenvalue weighted by molar-refractivity contribution is 5.94. The number of hydrogen-bond acceptors (Lipinski definition) is 4. The second-order valence-electron chi connectivity index (χ2n) is 9.93. The zero-order valence-electron chi connectivity index (χ0n) is 19.6. The van der Waals surface area contributed by atoms with Gasteiger partial charge in [0, 0.05) is 31.2 Å². The molecule has 3 N–H and O–H groups in total. The molecule has 6 nitrogen and oxygen atoms in total. The number of aliphatic hydroxyl groups is 1. The molecule has 3 rings (SSSR count). The number of carbonyl (C=O) groups is 2. The maximum absolute atomic E-state index is 13.5. The van der Waals surface area contributed by atoms with Gasteiger partial charge in [-0.05, 0) is 67.1 Å². The molecule has 0 bridgehead atoms. The first-order valence-electron chi connectivity index (χ1n) is 11.7. The fourth-order valence-electron chi connectivity index (χ4n) is 6.01. The van der Waals surface area contributed by atoms with E-state index in [0.29, 0.717) is 18.7 Å². The SMILES string of the molecule is COCCNC(=O)[C@@H](C)C1CC[C@@]2(C)CC[C@H](NC(=O)c3cccc(F)c3)[C@@H](C)[C@@H]2[C@H]1O. The third kappa shape index (κ3) is 5.15. The number of carbonyl (C=O) groups excluding carboxylic acids is 2. The molecule has 2 fully saturated rings. The summed E-state index contributed by atoms with van der Waals surface area (Å²) in [5.41, 5.74) is 0.274. The number of hydrogen-bond donors (Lipinski definition) is 3. The van der Waals surface area contributed by atoms with Crippen molar-refractivity contribution in [3.8, 4) is 0 Å². The Morgan fingerprint density at radius 1 is 1.31 bits per heavy atom. The van der Waals surface area contributed by atoms with Crippen LogP contribution < -0.4 is 10.6 Å². The maximum Gasteiger partial charge on any atom is 0.251 e. The van der Waals surface area contributed by atoms with Crippen molar-refractivity contribution in [2.45, 2.75) is 58.6 Å². The molecule has 2 aliphatic carbocycles. The minimum Gasteiger partial charge on any atom is -0.392 e. The van der Waals surface area contributed by atoms with Gasteiger partial charge in [-0.1, -0.05) is 26.8 Å². The van der Waals surface area contributed by atoms with Crippen LogP contribution in [0.25, 0.3) is 0 Å². The number of fused-ring (bicyclic) bond motifs is 1. The lowest BCUT2D eigenvalue weighted by atomic mass is 9.51. The molecule has 0 aliphatic heterocycles. The van der Waals surface area contributed by atoms with Gasteiger partial charge in [-0.25, -0.2) is 4.39 Å². The Labute approximate surface area is 190 Å². The van der Waals surface area contributed by atoms with Crippen molar-refractivity contribution in [2.75, 3.05) is 20.3 Å². The Morgan fingerprint density at radius 2 is 2.03 bits per heavy atom. The standard InChI is InChI=1S/C25H37FN2O4/c1-15(23(30)27-12-13-32-4)19-8-10-25(3)11-9-20(16(2)21(25)22(19)29)28-24(31)17-6-5-7-18(26)14-17/h5-7,14-16,19-22,29H,8-13H2,1-4H3,(H,27,30)(H,28,31)/t15-,16+,19?,20-,21+,22-,25-/m0/s1. The lowest BCUT2D eigenvalue weighted by Gasteiger charge is -2.56. The van der Waals surface area contributed by atoms with Gasteiger partial charge in [-0.3, -0.25) is 9.59 Å². The van der Waals surface area contributed by atoms with E-state index in [9.17, 15) is 19.1 Å². The summed E-state index contributed by atoms with van der Waals surface area (Å²) in [6.45, 7) is 7.09. The summed E-state index contributed by atoms with van der Waals surface area (Å²) in [5, 5.41) is 17.4. The van der Waals surface area contributed by atoms with E-state index in [1.165, 1.54) is 18.2 Å². The summed E-state index contributed by atoms with van der Waals surface area (Å²) < 4.78 is 18.5. The second kappa shape index (κ2) is 10.3. The molecule has 2 saturated carbocycles. The van der Waals surface area contributed by atoms with E-state index in [4.69, 9.17) is 4.74 Å². The molecule has 2 amide bonds. The van der Waals surface area contributed by atoms with Crippen LogP contribution in [0.2, 0.25) is 0 Å². The highest BCUT2D eigenvalue weighted by Gasteiger charge is 2.53. The largest absolute Gasteiger partial charge is 0.392 e. The van der Waals surface area contributed by atoms with Crippen LogP contribution in [0.5, 0.6) is 0 Å². The van der Waals surface area contributed by atoms with Gasteiger partial charge < -0.3 is 20.5 Å². The van der Waals surface area contributed by atoms with E-state index >= 15 is 0 Å². The number of nitrogens with one attached hydrogen (secondary N) is 2. The van der Waals surface area contributed by atoms with Crippen molar-refractivity contribution in [1.29, 1.82) is 0 Å². The molecular formula is C25H37FN2O4. The third-order valence-electron chi connectivity index (χ3n) is 7.95. The maximum atomic E-state index is 13.5. The number of aliphatic hydroxyl groups excluding tert-OH is 1. The van der Waals surface area contributed by atoms with E-state index in [0.717, 1.165) is 25.7 Å². The molecule has 0 heterocycles. The van der Waals surface area contributed by atoms with Crippen LogP contribution in [0.15, 0.2) is 24.3 Å². The molecule has 0 radical (unpaired) electrons. The minimum absolute atomic E-state index is 0.0259. The third-order valence-corrected chi connectivity index (χ3v) is 7.95. The van der Waals surface area contributed by atoms with Crippen LogP contribution in [0.3, 0.4) is 0 Å². The summed E-state index contributed by atoms with van der Waals surface area (Å²) in [6, 6.07) is 5.58. The summed E-state index contributed by atoms with van der Waals surface area (Å²) >= 11 is 0. The molecule has 0 aromatic heterocycles. The van der Waals surface area contributed by atoms with Gasteiger partial charge in [0.1, 0.15) is 5.82 Å². The Kier molecular flexibility index (Phi) is 7.93. The number of halogens is 1. The number of amides is 2. The predicted octanol–water partition coefficient (Wildman–Crippen LogP) is 3.15. The van der Waals surface area contributed by atoms with Crippen molar-refractivity contribution >= 4 is 11.8 Å². The van der Waals surface area contributed by atoms with E-state index in [1.807, 2.05) is 6.92 Å². The topological polar surface area (TPSA) is 87.7 Å². The first kappa shape index (κ1) is 24.6. The molecular weight excluding hydrogens is 411 g/mol. The Hall–Kier alpha value is -1.99. The lowest BCUT2D eigenvalue weighted by Crippen LogP contribution is -2.58. The first-order valence-corrected chi connectivity index (χ1v) is 11.7. The van der Waals surface area contributed by atoms with Crippen LogP contribution in [0, 0.1) is 34.9 Å². The highest BCUT2D eigenvalue weighted by Crippen LogP contribution is 2.55. The summed E-state index contributed by atoms with van der Waals surface area (Å²) in [4.78, 5) is 25.3. The fraction of sp³-hybridized carbons (Fsp3) is 0.680. The quantitative estimate of drug-likeness (QED) is 0.559. The average Bonchev–Trinajstić information content (AvgIpc) is 2.75. The zero-order valence-corrected chi connectivity index (χ0v) is 19.6. The monoisotopic (exact) mass is 448 g/mol. The fourth-order valence-corrected chi connectivity index (χ4v) is 6.01. The zero-order chi connectivity index (χ0) is 23.5. The lowest BCUT2D eigenvalue weighted by molar-refractivity contribution is -0.142. The highest BCUT2D eigenvalue weighted by atomic mass is 19.1. The van der Waals surface area contributed by atoms with Gasteiger partial charge in [0.2, 0.25) is 5.91 Å². The molecule has 178 valence electrons. The van der Waals surface area contributed by atoms with E-state index in [1.54, 1.807) is 13.2 Å². The van der Waals surface area contributed by atoms with Gasteiger partial charge in [0.05, 0.1) is 12.7 Å². The van der Waals surface area contributed by atoms with Gasteiger partial charge in [0.15, 0.2) is 0 Å². The summed E-state index contributed by atoms with van der Waals surface area (Å²) in [5.74, 6) is -1.22. The van der Waals surface area contributed by atoms with E-state index in [-0.39, 0.29) is 46.9 Å². The van der Waals surface area contributed by atoms with Gasteiger partial charge in [0.25, 0.3) is 5.91 Å². The first-order chi connectivity index (χ1) is 15.2. The Morgan fingerprint density at radius 3 is 2.72 bits per heavy atom. The van der Waals surface area contributed by atoms with E-state index < -0.39 is 11.9 Å². The van der Waals surface area contributed by atoms with Crippen LogP contribution >= 0.6 is 0 Å². The summed E-state index contributed by atoms with van der Waals surface area (Å²) in [6.07, 6.45) is 2.85. The van der Waals surface area contributed by atoms with Crippen LogP contribution in [0.4, 0.5) is 4.39 Å².